The fraction of sp³-hybridized carbons (Fsp3) is 0.952. The molecule has 23 heavy (non-hydrogen) atoms. The van der Waals surface area contributed by atoms with Crippen LogP contribution in [0.3, 0.4) is 0 Å². The lowest BCUT2D eigenvalue weighted by Crippen LogP contribution is -2.06. The summed E-state index contributed by atoms with van der Waals surface area (Å²) in [7, 11) is 2.04. The van der Waals surface area contributed by atoms with Gasteiger partial charge in [-0.1, -0.05) is 96.3 Å². The van der Waals surface area contributed by atoms with Gasteiger partial charge in [-0.3, -0.25) is 0 Å². The van der Waals surface area contributed by atoms with Crippen LogP contribution in [0.2, 0.25) is 0 Å². The van der Waals surface area contributed by atoms with Gasteiger partial charge in [-0.15, -0.1) is 0 Å². The van der Waals surface area contributed by atoms with E-state index in [2.05, 4.69) is 5.32 Å². The third-order valence-corrected chi connectivity index (χ3v) is 4.75. The first-order chi connectivity index (χ1) is 11.4. The third kappa shape index (κ3) is 21.6. The molecular weight excluding hydrogens is 282 g/mol. The minimum atomic E-state index is 0.760. The molecule has 0 spiro atoms. The van der Waals surface area contributed by atoms with E-state index in [0.29, 0.717) is 0 Å². The average molecular weight is 326 g/mol. The van der Waals surface area contributed by atoms with Gasteiger partial charge in [0.15, 0.2) is 0 Å². The summed E-state index contributed by atoms with van der Waals surface area (Å²) in [6.07, 6.45) is 25.4. The summed E-state index contributed by atoms with van der Waals surface area (Å²) < 4.78 is 0. The first-order valence-electron chi connectivity index (χ1n) is 10.5. The zero-order chi connectivity index (χ0) is 16.8. The van der Waals surface area contributed by atoms with Crippen LogP contribution in [0.5, 0.6) is 0 Å². The third-order valence-electron chi connectivity index (χ3n) is 4.75. The highest BCUT2D eigenvalue weighted by atomic mass is 16.1. The number of hydrogen-bond acceptors (Lipinski definition) is 2. The van der Waals surface area contributed by atoms with Crippen molar-refractivity contribution in [1.29, 1.82) is 0 Å². The second-order valence-corrected chi connectivity index (χ2v) is 7.07. The molecule has 0 unspecified atom stereocenters. The number of hydrogen-bond donors (Lipinski definition) is 1. The largest absolute Gasteiger partial charge is 0.320 e. The molecule has 0 aliphatic heterocycles. The Kier molecular flexibility index (Phi) is 21.3. The van der Waals surface area contributed by atoms with Crippen molar-refractivity contribution < 1.29 is 4.79 Å². The van der Waals surface area contributed by atoms with Gasteiger partial charge >= 0.3 is 0 Å². The number of carbonyl (C=O) groups excluding carboxylic acids is 1. The summed E-state index contributed by atoms with van der Waals surface area (Å²) in [5.74, 6) is 0. The number of nitrogens with one attached hydrogen (secondary N) is 1. The molecule has 0 bridgehead atoms. The predicted octanol–water partition coefficient (Wildman–Crippen LogP) is 6.43. The highest BCUT2D eigenvalue weighted by Crippen LogP contribution is 2.14. The minimum Gasteiger partial charge on any atom is -0.320 e. The van der Waals surface area contributed by atoms with E-state index in [1.54, 1.807) is 0 Å². The predicted molar refractivity (Wildman–Crippen MR) is 103 cm³/mol. The SMILES string of the molecule is CNCCCCCCCCCCCCCCCCCCCC=O. The highest BCUT2D eigenvalue weighted by molar-refractivity contribution is 5.48. The molecule has 0 aromatic rings. The monoisotopic (exact) mass is 325 g/mol. The van der Waals surface area contributed by atoms with E-state index in [4.69, 9.17) is 0 Å². The van der Waals surface area contributed by atoms with E-state index >= 15 is 0 Å². The summed E-state index contributed by atoms with van der Waals surface area (Å²) >= 11 is 0. The molecule has 0 rings (SSSR count). The van der Waals surface area contributed by atoms with Crippen LogP contribution in [0.1, 0.15) is 116 Å². The van der Waals surface area contributed by atoms with Crippen molar-refractivity contribution in [3.05, 3.63) is 0 Å². The van der Waals surface area contributed by atoms with E-state index in [0.717, 1.165) is 19.1 Å². The number of unbranched alkanes of at least 4 members (excludes halogenated alkanes) is 17. The second-order valence-electron chi connectivity index (χ2n) is 7.07. The number of carbonyl (C=O) groups is 1. The summed E-state index contributed by atoms with van der Waals surface area (Å²) in [6, 6.07) is 0. The zero-order valence-electron chi connectivity index (χ0n) is 15.9. The quantitative estimate of drug-likeness (QED) is 0.206. The topological polar surface area (TPSA) is 29.1 Å². The summed E-state index contributed by atoms with van der Waals surface area (Å²) in [6.45, 7) is 1.18. The molecule has 0 saturated heterocycles. The fourth-order valence-corrected chi connectivity index (χ4v) is 3.18. The Hall–Kier alpha value is -0.370. The molecule has 0 aromatic carbocycles. The van der Waals surface area contributed by atoms with Crippen molar-refractivity contribution in [3.63, 3.8) is 0 Å². The van der Waals surface area contributed by atoms with E-state index in [9.17, 15) is 4.79 Å². The van der Waals surface area contributed by atoms with Crippen LogP contribution in [0.25, 0.3) is 0 Å². The maximum absolute atomic E-state index is 10.2. The van der Waals surface area contributed by atoms with E-state index < -0.39 is 0 Å². The lowest BCUT2D eigenvalue weighted by molar-refractivity contribution is -0.107. The van der Waals surface area contributed by atoms with E-state index in [1.807, 2.05) is 7.05 Å². The van der Waals surface area contributed by atoms with Crippen LogP contribution in [-0.4, -0.2) is 19.9 Å². The van der Waals surface area contributed by atoms with Crippen LogP contribution in [-0.2, 0) is 4.79 Å². The Labute approximate surface area is 146 Å². The van der Waals surface area contributed by atoms with E-state index in [1.165, 1.54) is 109 Å². The van der Waals surface area contributed by atoms with Gasteiger partial charge in [0.1, 0.15) is 6.29 Å². The van der Waals surface area contributed by atoms with Gasteiger partial charge in [-0.05, 0) is 26.4 Å². The van der Waals surface area contributed by atoms with Gasteiger partial charge in [-0.2, -0.15) is 0 Å². The number of rotatable bonds is 20. The Bertz CT molecular complexity index is 218. The molecule has 0 radical (unpaired) electrons. The van der Waals surface area contributed by atoms with Crippen molar-refractivity contribution >= 4 is 6.29 Å². The zero-order valence-corrected chi connectivity index (χ0v) is 15.9. The molecule has 0 heterocycles. The summed E-state index contributed by atoms with van der Waals surface area (Å²) in [5.41, 5.74) is 0. The van der Waals surface area contributed by atoms with Gasteiger partial charge in [0.25, 0.3) is 0 Å². The highest BCUT2D eigenvalue weighted by Gasteiger charge is 1.95. The van der Waals surface area contributed by atoms with Gasteiger partial charge < -0.3 is 10.1 Å². The lowest BCUT2D eigenvalue weighted by Gasteiger charge is -2.03. The van der Waals surface area contributed by atoms with Crippen LogP contribution < -0.4 is 5.32 Å². The smallest absolute Gasteiger partial charge is 0.119 e. The molecule has 138 valence electrons. The Morgan fingerprint density at radius 1 is 0.522 bits per heavy atom. The Morgan fingerprint density at radius 2 is 0.826 bits per heavy atom. The minimum absolute atomic E-state index is 0.760. The molecule has 0 amide bonds. The molecule has 1 N–H and O–H groups in total. The standard InChI is InChI=1S/C21H43NO/c1-22-20-18-16-14-12-10-8-6-4-2-3-5-7-9-11-13-15-17-19-21-23/h21-22H,2-20H2,1H3. The summed E-state index contributed by atoms with van der Waals surface area (Å²) in [4.78, 5) is 10.2. The van der Waals surface area contributed by atoms with E-state index in [-0.39, 0.29) is 0 Å². The van der Waals surface area contributed by atoms with Crippen LogP contribution in [0, 0.1) is 0 Å². The second kappa shape index (κ2) is 21.6. The molecule has 0 aliphatic carbocycles. The fourth-order valence-electron chi connectivity index (χ4n) is 3.18. The van der Waals surface area contributed by atoms with Crippen LogP contribution >= 0.6 is 0 Å². The van der Waals surface area contributed by atoms with Crippen molar-refractivity contribution in [2.75, 3.05) is 13.6 Å². The Balaban J connectivity index is 2.93. The van der Waals surface area contributed by atoms with Crippen molar-refractivity contribution in [2.24, 2.45) is 0 Å². The van der Waals surface area contributed by atoms with Crippen molar-refractivity contribution in [1.82, 2.24) is 5.32 Å². The molecule has 2 nitrogen and oxygen atoms in total. The molecule has 0 aliphatic rings. The van der Waals surface area contributed by atoms with Crippen LogP contribution in [0.4, 0.5) is 0 Å². The normalized spacial score (nSPS) is 11.0. The molecule has 2 heteroatoms. The average Bonchev–Trinajstić information content (AvgIpc) is 2.57. The van der Waals surface area contributed by atoms with Gasteiger partial charge in [0, 0.05) is 6.42 Å². The first kappa shape index (κ1) is 22.6. The number of aldehydes is 1. The van der Waals surface area contributed by atoms with Crippen molar-refractivity contribution in [3.8, 4) is 0 Å². The molecule has 0 atom stereocenters. The van der Waals surface area contributed by atoms with Gasteiger partial charge in [0.2, 0.25) is 0 Å². The van der Waals surface area contributed by atoms with Gasteiger partial charge in [0.05, 0.1) is 0 Å². The lowest BCUT2D eigenvalue weighted by atomic mass is 10.0. The maximum atomic E-state index is 10.2. The maximum Gasteiger partial charge on any atom is 0.119 e. The summed E-state index contributed by atoms with van der Waals surface area (Å²) in [5, 5.41) is 3.21. The molecule has 0 saturated carbocycles. The molecular formula is C21H43NO. The van der Waals surface area contributed by atoms with Crippen molar-refractivity contribution in [2.45, 2.75) is 116 Å². The van der Waals surface area contributed by atoms with Crippen LogP contribution in [0.15, 0.2) is 0 Å². The molecule has 0 fully saturated rings. The Morgan fingerprint density at radius 3 is 1.13 bits per heavy atom. The molecule has 0 aromatic heterocycles. The first-order valence-corrected chi connectivity index (χ1v) is 10.5. The van der Waals surface area contributed by atoms with Gasteiger partial charge in [-0.25, -0.2) is 0 Å².